The lowest BCUT2D eigenvalue weighted by Crippen LogP contribution is -2.62. The van der Waals surface area contributed by atoms with E-state index >= 15 is 0 Å². The lowest BCUT2D eigenvalue weighted by molar-refractivity contribution is -0.142. The summed E-state index contributed by atoms with van der Waals surface area (Å²) in [7, 11) is 2.12. The van der Waals surface area contributed by atoms with Gasteiger partial charge in [-0.25, -0.2) is 0 Å². The molecule has 0 aromatic heterocycles. The number of nitrogens with zero attached hydrogens (tertiary/aromatic N) is 1. The van der Waals surface area contributed by atoms with E-state index < -0.39 is 139 Å². The molecule has 0 bridgehead atoms. The highest BCUT2D eigenvalue weighted by Crippen LogP contribution is 2.29. The van der Waals surface area contributed by atoms with Gasteiger partial charge in [-0.2, -0.15) is 0 Å². The van der Waals surface area contributed by atoms with E-state index in [1.807, 2.05) is 0 Å². The Hall–Kier alpha value is -5.21. The molecule has 0 spiro atoms. The first-order valence-corrected chi connectivity index (χ1v) is 25.2. The van der Waals surface area contributed by atoms with Gasteiger partial charge >= 0.3 is 0 Å². The first-order valence-electron chi connectivity index (χ1n) is 22.7. The van der Waals surface area contributed by atoms with Gasteiger partial charge in [-0.1, -0.05) is 74.0 Å². The van der Waals surface area contributed by atoms with Crippen LogP contribution in [0.15, 0.2) is 0 Å². The quantitative estimate of drug-likeness (QED) is 0.0614. The molecular weight excluding hydrogens is 915 g/mol. The molecule has 3 fully saturated rings. The summed E-state index contributed by atoms with van der Waals surface area (Å²) in [6.45, 7) is 3.20. The zero-order valence-electron chi connectivity index (χ0n) is 38.1. The van der Waals surface area contributed by atoms with E-state index in [-0.39, 0.29) is 49.8 Å². The number of nitrogens with two attached hydrogens (primary N) is 5. The van der Waals surface area contributed by atoms with Gasteiger partial charge in [0.2, 0.25) is 65.0 Å². The molecule has 11 amide bonds. The second-order valence-corrected chi connectivity index (χ2v) is 19.8. The van der Waals surface area contributed by atoms with Gasteiger partial charge in [-0.15, -0.1) is 0 Å². The summed E-state index contributed by atoms with van der Waals surface area (Å²) in [4.78, 5) is 148. The number of likely N-dealkylation sites (tertiary alicyclic amines) is 1. The highest BCUT2D eigenvalue weighted by atomic mass is 33.1. The maximum absolute atomic E-state index is 14.4. The summed E-state index contributed by atoms with van der Waals surface area (Å²) in [5, 5.41) is 17.8. The Morgan fingerprint density at radius 3 is 1.91 bits per heavy atom. The third-order valence-corrected chi connectivity index (χ3v) is 14.4. The number of carbonyl (C=O) groups is 11. The molecular formula is C41H69N13O11S2. The average molecular weight is 984 g/mol. The van der Waals surface area contributed by atoms with Crippen molar-refractivity contribution in [2.24, 2.45) is 40.5 Å². The summed E-state index contributed by atoms with van der Waals surface area (Å²) in [6, 6.07) is -10.7. The van der Waals surface area contributed by atoms with E-state index in [1.165, 1.54) is 4.90 Å². The molecule has 0 aromatic carbocycles. The Bertz CT molecular complexity index is 1810. The predicted octanol–water partition coefficient (Wildman–Crippen LogP) is -4.28. The summed E-state index contributed by atoms with van der Waals surface area (Å²) in [5.74, 6) is -10.1. The van der Waals surface area contributed by atoms with Crippen LogP contribution in [0.5, 0.6) is 0 Å². The Labute approximate surface area is 397 Å². The summed E-state index contributed by atoms with van der Waals surface area (Å²) in [6.07, 6.45) is 4.62. The zero-order valence-corrected chi connectivity index (χ0v) is 39.8. The second kappa shape index (κ2) is 28.2. The van der Waals surface area contributed by atoms with Gasteiger partial charge in [0, 0.05) is 18.1 Å². The number of hydrogen-bond acceptors (Lipinski definition) is 15. The van der Waals surface area contributed by atoms with Crippen molar-refractivity contribution in [3.63, 3.8) is 0 Å². The fourth-order valence-corrected chi connectivity index (χ4v) is 10.3. The van der Waals surface area contributed by atoms with E-state index in [9.17, 15) is 52.7 Å². The van der Waals surface area contributed by atoms with E-state index in [4.69, 9.17) is 28.7 Å². The number of carbonyl (C=O) groups excluding carboxylic acids is 11. The largest absolute Gasteiger partial charge is 0.370 e. The Balaban J connectivity index is 2.01. The van der Waals surface area contributed by atoms with Crippen molar-refractivity contribution in [3.8, 4) is 0 Å². The SMILES string of the molecule is CC[C@H](C)[C@@H]1NC(=O)[C@H](CC2CCCCC2)NC(=O)[C@@H](N)CSSC[C@@H](C(=O)N2CCC[C@H]2C(=O)N[C@@H](CCCN)C(=O)NCC(N)=O)NC(=O)[C@H](CC(N)=O)NC(=O)[C@H](CC(N)=O)NC1=O. The fourth-order valence-electron chi connectivity index (χ4n) is 8.00. The Morgan fingerprint density at radius 1 is 0.731 bits per heavy atom. The standard InChI is InChI=1S/C41H69N13O11S2/c1-3-21(2)33-40(64)51-27(17-31(45)56)36(60)50-26(16-30(44)55)37(61)52-28(20-67-66-19-23(43)34(58)49-25(38(62)53-33)15-22-9-5-4-6-10-22)41(65)54-14-8-12-29(54)39(63)48-24(11-7-13-42)35(59)47-18-32(46)57/h21-29,33H,3-20,42-43H2,1-2H3,(H2,44,55)(H2,45,56)(H2,46,57)(H,47,59)(H,48,63)(H,49,58)(H,50,60)(H,51,64)(H,52,61)(H,53,62)/t21-,23-,24-,25-,26-,27-,28-,29-,33-/m0/s1. The van der Waals surface area contributed by atoms with Crippen LogP contribution >= 0.6 is 21.6 Å². The van der Waals surface area contributed by atoms with Gasteiger partial charge in [0.25, 0.3) is 0 Å². The van der Waals surface area contributed by atoms with Crippen LogP contribution in [0.4, 0.5) is 0 Å². The molecule has 0 radical (unpaired) electrons. The molecule has 17 N–H and O–H groups in total. The first kappa shape index (κ1) is 56.1. The number of rotatable bonds is 17. The van der Waals surface area contributed by atoms with Crippen LogP contribution in [0.1, 0.15) is 97.3 Å². The molecule has 2 saturated heterocycles. The van der Waals surface area contributed by atoms with Crippen LogP contribution in [0.25, 0.3) is 0 Å². The van der Waals surface area contributed by atoms with Gasteiger partial charge in [0.1, 0.15) is 42.3 Å². The molecule has 3 rings (SSSR count). The van der Waals surface area contributed by atoms with Gasteiger partial charge in [0.05, 0.1) is 25.4 Å². The first-order chi connectivity index (χ1) is 31.7. The van der Waals surface area contributed by atoms with Crippen LogP contribution in [0.2, 0.25) is 0 Å². The third kappa shape index (κ3) is 18.4. The minimum atomic E-state index is -1.77. The van der Waals surface area contributed by atoms with Crippen LogP contribution < -0.4 is 65.9 Å². The molecule has 0 unspecified atom stereocenters. The van der Waals surface area contributed by atoms with Crippen molar-refractivity contribution in [1.82, 2.24) is 42.1 Å². The normalized spacial score (nSPS) is 26.3. The Morgan fingerprint density at radius 2 is 1.31 bits per heavy atom. The molecule has 376 valence electrons. The number of nitrogens with one attached hydrogen (secondary N) is 7. The topological polar surface area (TPSA) is 405 Å². The number of primary amides is 3. The maximum atomic E-state index is 14.4. The minimum Gasteiger partial charge on any atom is -0.370 e. The Kier molecular flexibility index (Phi) is 23.6. The van der Waals surface area contributed by atoms with Crippen molar-refractivity contribution in [2.75, 3.05) is 31.1 Å². The summed E-state index contributed by atoms with van der Waals surface area (Å²) >= 11 is 0. The monoisotopic (exact) mass is 983 g/mol. The molecule has 3 aliphatic rings. The highest BCUT2D eigenvalue weighted by molar-refractivity contribution is 8.76. The predicted molar refractivity (Wildman–Crippen MR) is 248 cm³/mol. The van der Waals surface area contributed by atoms with E-state index in [0.29, 0.717) is 19.3 Å². The zero-order chi connectivity index (χ0) is 49.8. The van der Waals surface area contributed by atoms with Crippen LogP contribution in [0, 0.1) is 11.8 Å². The van der Waals surface area contributed by atoms with Crippen molar-refractivity contribution in [1.29, 1.82) is 0 Å². The molecule has 24 nitrogen and oxygen atoms in total. The molecule has 1 saturated carbocycles. The van der Waals surface area contributed by atoms with Gasteiger partial charge in [0.15, 0.2) is 0 Å². The molecule has 2 heterocycles. The van der Waals surface area contributed by atoms with Crippen molar-refractivity contribution < 1.29 is 52.7 Å². The third-order valence-electron chi connectivity index (χ3n) is 11.9. The lowest BCUT2D eigenvalue weighted by Gasteiger charge is -2.31. The van der Waals surface area contributed by atoms with E-state index in [0.717, 1.165) is 53.7 Å². The average Bonchev–Trinajstić information content (AvgIpc) is 3.78. The summed E-state index contributed by atoms with van der Waals surface area (Å²) < 4.78 is 0. The van der Waals surface area contributed by atoms with Crippen LogP contribution in [-0.2, 0) is 52.7 Å². The number of hydrogen-bond donors (Lipinski definition) is 12. The minimum absolute atomic E-state index is 0.0284. The van der Waals surface area contributed by atoms with E-state index in [2.05, 4.69) is 37.2 Å². The molecule has 67 heavy (non-hydrogen) atoms. The molecule has 1 aliphatic carbocycles. The van der Waals surface area contributed by atoms with Crippen LogP contribution in [-0.4, -0.2) is 149 Å². The second-order valence-electron chi connectivity index (χ2n) is 17.2. The fraction of sp³-hybridized carbons (Fsp3) is 0.732. The maximum Gasteiger partial charge on any atom is 0.246 e. The molecule has 0 aromatic rings. The molecule has 2 aliphatic heterocycles. The molecule has 9 atom stereocenters. The number of amides is 11. The van der Waals surface area contributed by atoms with Crippen LogP contribution in [0.3, 0.4) is 0 Å². The van der Waals surface area contributed by atoms with Gasteiger partial charge in [-0.05, 0) is 50.5 Å². The van der Waals surface area contributed by atoms with E-state index in [1.54, 1.807) is 13.8 Å². The van der Waals surface area contributed by atoms with Gasteiger partial charge in [-0.3, -0.25) is 52.7 Å². The lowest BCUT2D eigenvalue weighted by atomic mass is 9.84. The summed E-state index contributed by atoms with van der Waals surface area (Å²) in [5.41, 5.74) is 28.1. The van der Waals surface area contributed by atoms with Gasteiger partial charge < -0.3 is 70.8 Å². The van der Waals surface area contributed by atoms with Crippen molar-refractivity contribution in [2.45, 2.75) is 146 Å². The highest BCUT2D eigenvalue weighted by Gasteiger charge is 2.41. The van der Waals surface area contributed by atoms with Crippen molar-refractivity contribution >= 4 is 86.6 Å². The van der Waals surface area contributed by atoms with Crippen molar-refractivity contribution in [3.05, 3.63) is 0 Å². The smallest absolute Gasteiger partial charge is 0.246 e. The molecule has 26 heteroatoms.